The second-order valence-corrected chi connectivity index (χ2v) is 8.05. The van der Waals surface area contributed by atoms with Gasteiger partial charge >= 0.3 is 0 Å². The first-order chi connectivity index (χ1) is 14.2. The van der Waals surface area contributed by atoms with Crippen LogP contribution in [0.5, 0.6) is 0 Å². The molecule has 0 N–H and O–H groups in total. The minimum atomic E-state index is 1.17. The Labute approximate surface area is 166 Å². The molecule has 4 heterocycles. The van der Waals surface area contributed by atoms with E-state index in [1.807, 2.05) is 12.4 Å². The molecule has 0 atom stereocenters. The molecule has 0 unspecified atom stereocenters. The summed E-state index contributed by atoms with van der Waals surface area (Å²) in [5.41, 5.74) is 6.34. The Bertz CT molecular complexity index is 1770. The van der Waals surface area contributed by atoms with Gasteiger partial charge in [0, 0.05) is 23.0 Å². The highest BCUT2D eigenvalue weighted by Gasteiger charge is 2.24. The Morgan fingerprint density at radius 2 is 1.72 bits per heavy atom. The molecule has 0 amide bonds. The summed E-state index contributed by atoms with van der Waals surface area (Å²) < 4.78 is 4.71. The molecule has 7 aromatic rings. The lowest BCUT2D eigenvalue weighted by molar-refractivity contribution is -0.643. The number of pyridine rings is 3. The number of aryl methyl sites for hydroxylation is 2. The molecule has 3 aromatic carbocycles. The van der Waals surface area contributed by atoms with Crippen LogP contribution in [0.25, 0.3) is 59.8 Å². The molecule has 7 rings (SSSR count). The van der Waals surface area contributed by atoms with Gasteiger partial charge in [0.15, 0.2) is 6.20 Å². The zero-order chi connectivity index (χ0) is 19.3. The third-order valence-corrected chi connectivity index (χ3v) is 6.60. The number of hydrogen-bond acceptors (Lipinski definition) is 1. The molecule has 4 aromatic heterocycles. The smallest absolute Gasteiger partial charge is 0.224 e. The minimum absolute atomic E-state index is 1.17. The highest BCUT2D eigenvalue weighted by Crippen LogP contribution is 2.41. The third kappa shape index (κ3) is 1.70. The number of benzene rings is 3. The first-order valence-electron chi connectivity index (χ1n) is 9.96. The summed E-state index contributed by atoms with van der Waals surface area (Å²) in [6.07, 6.45) is 6.08. The van der Waals surface area contributed by atoms with Crippen LogP contribution in [0.15, 0.2) is 73.2 Å². The van der Waals surface area contributed by atoms with Crippen LogP contribution in [0, 0.1) is 6.92 Å². The van der Waals surface area contributed by atoms with Crippen LogP contribution in [0.1, 0.15) is 5.56 Å². The van der Waals surface area contributed by atoms with Crippen molar-refractivity contribution in [2.24, 2.45) is 7.05 Å². The van der Waals surface area contributed by atoms with Crippen LogP contribution in [0.4, 0.5) is 0 Å². The number of fused-ring (bicyclic) bond motifs is 7. The van der Waals surface area contributed by atoms with Crippen LogP contribution in [-0.4, -0.2) is 9.38 Å². The van der Waals surface area contributed by atoms with Gasteiger partial charge < -0.3 is 4.40 Å². The van der Waals surface area contributed by atoms with Crippen molar-refractivity contribution in [3.63, 3.8) is 0 Å². The molecule has 0 saturated heterocycles. The van der Waals surface area contributed by atoms with Crippen molar-refractivity contribution in [1.29, 1.82) is 0 Å². The van der Waals surface area contributed by atoms with Gasteiger partial charge in [0.2, 0.25) is 5.52 Å². The van der Waals surface area contributed by atoms with E-state index in [-0.39, 0.29) is 0 Å². The standard InChI is InChI=1S/C26H18N3/c1-15-18-6-4-3-5-17(18)13-21-23(15)26-24-16(10-12-28(26)2)7-8-20-19-9-11-27-14-22(19)29(21)25(20)24/h3-14H,1-2H3/q+1. The molecule has 0 aliphatic carbocycles. The Balaban J connectivity index is 1.99. The number of hydrogen-bond donors (Lipinski definition) is 0. The van der Waals surface area contributed by atoms with E-state index < -0.39 is 0 Å². The Morgan fingerprint density at radius 3 is 2.66 bits per heavy atom. The maximum absolute atomic E-state index is 4.47. The van der Waals surface area contributed by atoms with Gasteiger partial charge in [-0.2, -0.15) is 0 Å². The normalized spacial score (nSPS) is 12.5. The lowest BCUT2D eigenvalue weighted by atomic mass is 9.96. The van der Waals surface area contributed by atoms with E-state index in [0.29, 0.717) is 0 Å². The molecule has 29 heavy (non-hydrogen) atoms. The van der Waals surface area contributed by atoms with Crippen molar-refractivity contribution in [2.45, 2.75) is 6.92 Å². The lowest BCUT2D eigenvalue weighted by Gasteiger charge is -2.14. The van der Waals surface area contributed by atoms with Crippen molar-refractivity contribution in [2.75, 3.05) is 0 Å². The van der Waals surface area contributed by atoms with Crippen LogP contribution >= 0.6 is 0 Å². The maximum Gasteiger partial charge on any atom is 0.224 e. The highest BCUT2D eigenvalue weighted by atomic mass is 15.0. The van der Waals surface area contributed by atoms with Crippen LogP contribution < -0.4 is 4.57 Å². The summed E-state index contributed by atoms with van der Waals surface area (Å²) in [4.78, 5) is 4.47. The molecule has 0 saturated carbocycles. The first-order valence-corrected chi connectivity index (χ1v) is 9.96. The summed E-state index contributed by atoms with van der Waals surface area (Å²) >= 11 is 0. The van der Waals surface area contributed by atoms with E-state index in [2.05, 4.69) is 88.7 Å². The van der Waals surface area contributed by atoms with E-state index in [0.717, 1.165) is 0 Å². The van der Waals surface area contributed by atoms with Gasteiger partial charge in [-0.1, -0.05) is 36.4 Å². The van der Waals surface area contributed by atoms with Crippen LogP contribution in [0.3, 0.4) is 0 Å². The van der Waals surface area contributed by atoms with Crippen molar-refractivity contribution in [3.05, 3.63) is 78.8 Å². The van der Waals surface area contributed by atoms with E-state index in [9.17, 15) is 0 Å². The SMILES string of the molecule is Cc1c2ccccc2cc2c1c1c3c(ccc4c5ccncc5n2c43)cc[n+]1C. The molecule has 3 nitrogen and oxygen atoms in total. The predicted octanol–water partition coefficient (Wildman–Crippen LogP) is 5.67. The van der Waals surface area contributed by atoms with Crippen LogP contribution in [0.2, 0.25) is 0 Å². The average molecular weight is 372 g/mol. The molecule has 0 bridgehead atoms. The zero-order valence-corrected chi connectivity index (χ0v) is 16.3. The zero-order valence-electron chi connectivity index (χ0n) is 16.3. The summed E-state index contributed by atoms with van der Waals surface area (Å²) in [6.45, 7) is 2.26. The molecule has 0 aliphatic heterocycles. The van der Waals surface area contributed by atoms with Gasteiger partial charge in [-0.05, 0) is 40.8 Å². The summed E-state index contributed by atoms with van der Waals surface area (Å²) in [7, 11) is 2.16. The molecule has 0 spiro atoms. The number of aromatic nitrogens is 3. The second kappa shape index (κ2) is 5.00. The Kier molecular flexibility index (Phi) is 2.63. The largest absolute Gasteiger partial charge is 0.306 e. The summed E-state index contributed by atoms with van der Waals surface area (Å²) in [6, 6.07) is 19.9. The van der Waals surface area contributed by atoms with E-state index in [4.69, 9.17) is 0 Å². The fourth-order valence-corrected chi connectivity index (χ4v) is 5.34. The molecular formula is C26H18N3+. The van der Waals surface area contributed by atoms with Gasteiger partial charge in [-0.25, -0.2) is 4.57 Å². The van der Waals surface area contributed by atoms with Gasteiger partial charge in [0.25, 0.3) is 0 Å². The van der Waals surface area contributed by atoms with Crippen LogP contribution in [-0.2, 0) is 7.05 Å². The summed E-state index contributed by atoms with van der Waals surface area (Å²) in [5, 5.41) is 9.06. The van der Waals surface area contributed by atoms with Crippen molar-refractivity contribution in [3.8, 4) is 0 Å². The van der Waals surface area contributed by atoms with Gasteiger partial charge in [0.1, 0.15) is 7.05 Å². The molecular weight excluding hydrogens is 354 g/mol. The molecule has 0 aliphatic rings. The number of nitrogens with zero attached hydrogens (tertiary/aromatic N) is 3. The lowest BCUT2D eigenvalue weighted by Crippen LogP contribution is -2.28. The van der Waals surface area contributed by atoms with Gasteiger partial charge in [0.05, 0.1) is 33.5 Å². The molecule has 0 radical (unpaired) electrons. The second-order valence-electron chi connectivity index (χ2n) is 8.05. The maximum atomic E-state index is 4.47. The molecule has 3 heteroatoms. The van der Waals surface area contributed by atoms with Crippen molar-refractivity contribution < 1.29 is 4.57 Å². The first kappa shape index (κ1) is 15.2. The molecule has 136 valence electrons. The topological polar surface area (TPSA) is 21.2 Å². The fourth-order valence-electron chi connectivity index (χ4n) is 5.34. The highest BCUT2D eigenvalue weighted by molar-refractivity contribution is 6.28. The van der Waals surface area contributed by atoms with E-state index >= 15 is 0 Å². The summed E-state index contributed by atoms with van der Waals surface area (Å²) in [5.74, 6) is 0. The minimum Gasteiger partial charge on any atom is -0.306 e. The van der Waals surface area contributed by atoms with Crippen molar-refractivity contribution in [1.82, 2.24) is 9.38 Å². The van der Waals surface area contributed by atoms with Gasteiger partial charge in [-0.3, -0.25) is 4.98 Å². The monoisotopic (exact) mass is 372 g/mol. The predicted molar refractivity (Wildman–Crippen MR) is 120 cm³/mol. The number of rotatable bonds is 0. The van der Waals surface area contributed by atoms with E-state index in [1.165, 1.54) is 65.3 Å². The Hall–Kier alpha value is -3.72. The quantitative estimate of drug-likeness (QED) is 0.191. The van der Waals surface area contributed by atoms with Crippen molar-refractivity contribution >= 4 is 59.8 Å². The van der Waals surface area contributed by atoms with Gasteiger partial charge in [-0.15, -0.1) is 0 Å². The molecule has 0 fully saturated rings. The average Bonchev–Trinajstić information content (AvgIpc) is 3.10. The Morgan fingerprint density at radius 1 is 0.828 bits per heavy atom. The van der Waals surface area contributed by atoms with E-state index in [1.54, 1.807) is 0 Å². The third-order valence-electron chi connectivity index (χ3n) is 6.60. The fraction of sp³-hybridized carbons (Fsp3) is 0.0769.